The van der Waals surface area contributed by atoms with Gasteiger partial charge in [-0.25, -0.2) is 4.39 Å². The van der Waals surface area contributed by atoms with Gasteiger partial charge in [-0.2, -0.15) is 0 Å². The zero-order valence-corrected chi connectivity index (χ0v) is 17.6. The third-order valence-corrected chi connectivity index (χ3v) is 5.01. The lowest BCUT2D eigenvalue weighted by Crippen LogP contribution is -2.24. The zero-order chi connectivity index (χ0) is 20.8. The molecule has 0 aliphatic rings. The van der Waals surface area contributed by atoms with Crippen LogP contribution in [0.3, 0.4) is 0 Å². The van der Waals surface area contributed by atoms with Gasteiger partial charge >= 0.3 is 0 Å². The molecular weight excluding hydrogens is 391 g/mol. The molecule has 1 aromatic carbocycles. The van der Waals surface area contributed by atoms with Crippen molar-refractivity contribution in [3.8, 4) is 11.3 Å². The molecule has 0 fully saturated rings. The molecule has 154 valence electrons. The van der Waals surface area contributed by atoms with Crippen molar-refractivity contribution in [2.24, 2.45) is 5.92 Å². The zero-order valence-electron chi connectivity index (χ0n) is 16.8. The molecule has 29 heavy (non-hydrogen) atoms. The van der Waals surface area contributed by atoms with Crippen LogP contribution < -0.4 is 5.32 Å². The van der Waals surface area contributed by atoms with Crippen LogP contribution in [-0.4, -0.2) is 33.5 Å². The molecule has 8 heteroatoms. The minimum Gasteiger partial charge on any atom is -0.451 e. The van der Waals surface area contributed by atoms with Gasteiger partial charge in [-0.1, -0.05) is 25.6 Å². The number of benzene rings is 1. The molecule has 0 radical (unpaired) electrons. The quantitative estimate of drug-likeness (QED) is 0.413. The Balaban J connectivity index is 1.52. The Bertz CT molecular complexity index is 950. The van der Waals surface area contributed by atoms with Gasteiger partial charge in [0.2, 0.25) is 0 Å². The number of halogens is 1. The Hall–Kier alpha value is -2.61. The summed E-state index contributed by atoms with van der Waals surface area (Å²) in [5, 5.41) is 12.3. The SMILES string of the molecule is CSc1nnc(CCCNC(=O)c2ccc(-c3ccc(F)cc3)o2)n1CC(C)C. The highest BCUT2D eigenvalue weighted by Crippen LogP contribution is 2.22. The van der Waals surface area contributed by atoms with Gasteiger partial charge in [0.1, 0.15) is 17.4 Å². The molecule has 2 heterocycles. The second kappa shape index (κ2) is 9.73. The van der Waals surface area contributed by atoms with Crippen molar-refractivity contribution in [3.63, 3.8) is 0 Å². The first-order valence-electron chi connectivity index (χ1n) is 9.58. The highest BCUT2D eigenvalue weighted by atomic mass is 32.2. The first-order chi connectivity index (χ1) is 14.0. The summed E-state index contributed by atoms with van der Waals surface area (Å²) in [7, 11) is 0. The van der Waals surface area contributed by atoms with Gasteiger partial charge in [-0.15, -0.1) is 10.2 Å². The van der Waals surface area contributed by atoms with Crippen LogP contribution in [0.2, 0.25) is 0 Å². The van der Waals surface area contributed by atoms with E-state index in [1.54, 1.807) is 36.0 Å². The highest BCUT2D eigenvalue weighted by Gasteiger charge is 2.14. The molecular formula is C21H25FN4O2S. The normalized spacial score (nSPS) is 11.2. The molecule has 0 atom stereocenters. The molecule has 0 aliphatic carbocycles. The van der Waals surface area contributed by atoms with E-state index in [0.717, 1.165) is 35.9 Å². The molecule has 1 amide bonds. The summed E-state index contributed by atoms with van der Waals surface area (Å²) in [4.78, 5) is 12.3. The van der Waals surface area contributed by atoms with Crippen molar-refractivity contribution >= 4 is 17.7 Å². The van der Waals surface area contributed by atoms with E-state index in [9.17, 15) is 9.18 Å². The van der Waals surface area contributed by atoms with Gasteiger partial charge in [0.25, 0.3) is 5.91 Å². The van der Waals surface area contributed by atoms with Crippen molar-refractivity contribution in [2.75, 3.05) is 12.8 Å². The summed E-state index contributed by atoms with van der Waals surface area (Å²) in [6.45, 7) is 5.72. The predicted octanol–water partition coefficient (Wildman–Crippen LogP) is 4.42. The lowest BCUT2D eigenvalue weighted by molar-refractivity contribution is 0.0926. The van der Waals surface area contributed by atoms with E-state index >= 15 is 0 Å². The molecule has 0 saturated carbocycles. The largest absolute Gasteiger partial charge is 0.451 e. The Kier molecular flexibility index (Phi) is 7.09. The molecule has 0 unspecified atom stereocenters. The Labute approximate surface area is 173 Å². The highest BCUT2D eigenvalue weighted by molar-refractivity contribution is 7.98. The fourth-order valence-corrected chi connectivity index (χ4v) is 3.49. The number of thioether (sulfide) groups is 1. The van der Waals surface area contributed by atoms with Crippen LogP contribution in [0.4, 0.5) is 4.39 Å². The molecule has 2 aromatic heterocycles. The number of hydrogen-bond donors (Lipinski definition) is 1. The fourth-order valence-electron chi connectivity index (χ4n) is 2.97. The predicted molar refractivity (Wildman–Crippen MR) is 111 cm³/mol. The van der Waals surface area contributed by atoms with E-state index in [1.165, 1.54) is 12.1 Å². The first-order valence-corrected chi connectivity index (χ1v) is 10.8. The molecule has 0 saturated heterocycles. The van der Waals surface area contributed by atoms with E-state index in [0.29, 0.717) is 18.2 Å². The maximum Gasteiger partial charge on any atom is 0.287 e. The standard InChI is InChI=1S/C21H25FN4O2S/c1-14(2)13-26-19(24-25-21(26)29-3)5-4-12-23-20(27)18-11-10-17(28-18)15-6-8-16(22)9-7-15/h6-11,14H,4-5,12-13H2,1-3H3,(H,23,27). The molecule has 3 aromatic rings. The maximum absolute atomic E-state index is 13.0. The molecule has 6 nitrogen and oxygen atoms in total. The van der Waals surface area contributed by atoms with Crippen LogP contribution >= 0.6 is 11.8 Å². The van der Waals surface area contributed by atoms with E-state index < -0.39 is 0 Å². The second-order valence-corrected chi connectivity index (χ2v) is 7.91. The number of carbonyl (C=O) groups excluding carboxylic acids is 1. The van der Waals surface area contributed by atoms with E-state index in [4.69, 9.17) is 4.42 Å². The van der Waals surface area contributed by atoms with Crippen molar-refractivity contribution in [1.82, 2.24) is 20.1 Å². The van der Waals surface area contributed by atoms with E-state index in [2.05, 4.69) is 33.9 Å². The van der Waals surface area contributed by atoms with Crippen LogP contribution in [0.1, 0.15) is 36.6 Å². The minimum absolute atomic E-state index is 0.233. The van der Waals surface area contributed by atoms with Gasteiger partial charge in [0, 0.05) is 25.1 Å². The number of carbonyl (C=O) groups is 1. The number of rotatable bonds is 9. The molecule has 3 rings (SSSR count). The van der Waals surface area contributed by atoms with Crippen LogP contribution in [0.25, 0.3) is 11.3 Å². The average molecular weight is 417 g/mol. The maximum atomic E-state index is 13.0. The molecule has 0 aliphatic heterocycles. The monoisotopic (exact) mass is 416 g/mol. The smallest absolute Gasteiger partial charge is 0.287 e. The van der Waals surface area contributed by atoms with Gasteiger partial charge < -0.3 is 14.3 Å². The number of amides is 1. The Morgan fingerprint density at radius 3 is 2.66 bits per heavy atom. The third kappa shape index (κ3) is 5.47. The van der Waals surface area contributed by atoms with Gasteiger partial charge in [-0.05, 0) is 55.0 Å². The summed E-state index contributed by atoms with van der Waals surface area (Å²) in [5.41, 5.74) is 0.722. The Morgan fingerprint density at radius 2 is 1.97 bits per heavy atom. The Morgan fingerprint density at radius 1 is 1.21 bits per heavy atom. The lowest BCUT2D eigenvalue weighted by Gasteiger charge is -2.11. The number of aromatic nitrogens is 3. The van der Waals surface area contributed by atoms with Crippen LogP contribution in [0.15, 0.2) is 46.0 Å². The topological polar surface area (TPSA) is 73.0 Å². The summed E-state index contributed by atoms with van der Waals surface area (Å²) in [6.07, 6.45) is 3.48. The molecule has 1 N–H and O–H groups in total. The minimum atomic E-state index is -0.313. The van der Waals surface area contributed by atoms with E-state index in [-0.39, 0.29) is 17.5 Å². The first kappa shape index (κ1) is 21.1. The van der Waals surface area contributed by atoms with Gasteiger partial charge in [-0.3, -0.25) is 4.79 Å². The van der Waals surface area contributed by atoms with Crippen LogP contribution in [-0.2, 0) is 13.0 Å². The van der Waals surface area contributed by atoms with Crippen LogP contribution in [0.5, 0.6) is 0 Å². The number of hydrogen-bond acceptors (Lipinski definition) is 5. The molecule has 0 spiro atoms. The average Bonchev–Trinajstić information content (AvgIpc) is 3.33. The lowest BCUT2D eigenvalue weighted by atomic mass is 10.2. The second-order valence-electron chi connectivity index (χ2n) is 7.14. The number of furan rings is 1. The van der Waals surface area contributed by atoms with Gasteiger partial charge in [0.05, 0.1) is 0 Å². The van der Waals surface area contributed by atoms with Crippen molar-refractivity contribution in [1.29, 1.82) is 0 Å². The number of nitrogens with zero attached hydrogens (tertiary/aromatic N) is 3. The summed E-state index contributed by atoms with van der Waals surface area (Å²) >= 11 is 1.59. The van der Waals surface area contributed by atoms with Gasteiger partial charge in [0.15, 0.2) is 10.9 Å². The van der Waals surface area contributed by atoms with Crippen molar-refractivity contribution in [2.45, 2.75) is 38.4 Å². The summed E-state index contributed by atoms with van der Waals surface area (Å²) < 4.78 is 20.8. The summed E-state index contributed by atoms with van der Waals surface area (Å²) in [6, 6.07) is 9.28. The number of nitrogens with one attached hydrogen (secondary N) is 1. The van der Waals surface area contributed by atoms with Crippen molar-refractivity contribution in [3.05, 3.63) is 53.8 Å². The number of aryl methyl sites for hydroxylation is 1. The summed E-state index contributed by atoms with van der Waals surface area (Å²) in [5.74, 6) is 1.62. The molecule has 0 bridgehead atoms. The van der Waals surface area contributed by atoms with Crippen molar-refractivity contribution < 1.29 is 13.6 Å². The fraction of sp³-hybridized carbons (Fsp3) is 0.381. The van der Waals surface area contributed by atoms with E-state index in [1.807, 2.05) is 6.26 Å². The van der Waals surface area contributed by atoms with Crippen LogP contribution in [0, 0.1) is 11.7 Å². The third-order valence-electron chi connectivity index (χ3n) is 4.34.